The predicted octanol–water partition coefficient (Wildman–Crippen LogP) is 3.01. The Morgan fingerprint density at radius 1 is 0.778 bits per heavy atom. The fourth-order valence-electron chi connectivity index (χ4n) is 1.71. The van der Waals surface area contributed by atoms with E-state index >= 15 is 0 Å². The molecule has 0 aliphatic heterocycles. The fourth-order valence-corrected chi connectivity index (χ4v) is 1.71. The first-order chi connectivity index (χ1) is 8.90. The summed E-state index contributed by atoms with van der Waals surface area (Å²) in [6, 6.07) is 18.3. The number of hydrogen-bond donors (Lipinski definition) is 1. The Morgan fingerprint density at radius 2 is 1.44 bits per heavy atom. The van der Waals surface area contributed by atoms with Crippen LogP contribution in [0.2, 0.25) is 0 Å². The Balaban J connectivity index is 1.94. The minimum Gasteiger partial charge on any atom is -0.494 e. The predicted molar refractivity (Wildman–Crippen MR) is 72.1 cm³/mol. The first kappa shape index (κ1) is 12.6. The second kappa shape index (κ2) is 6.79. The summed E-state index contributed by atoms with van der Waals surface area (Å²) in [4.78, 5) is 4.48. The Kier molecular flexibility index (Phi) is 4.76. The van der Waals surface area contributed by atoms with Gasteiger partial charge in [0.1, 0.15) is 5.75 Å². The number of rotatable bonds is 6. The van der Waals surface area contributed by atoms with Gasteiger partial charge in [0.2, 0.25) is 0 Å². The molecule has 2 N–H and O–H groups in total. The SMILES string of the molecule is NOCCCOc1ccc(-c2ccccc2)cc1. The molecule has 0 aliphatic rings. The highest BCUT2D eigenvalue weighted by Crippen LogP contribution is 2.21. The second-order valence-corrected chi connectivity index (χ2v) is 3.96. The topological polar surface area (TPSA) is 44.5 Å². The molecule has 0 bridgehead atoms. The number of benzene rings is 2. The lowest BCUT2D eigenvalue weighted by molar-refractivity contribution is 0.122. The van der Waals surface area contributed by atoms with Crippen LogP contribution in [-0.4, -0.2) is 13.2 Å². The second-order valence-electron chi connectivity index (χ2n) is 3.96. The molecule has 3 nitrogen and oxygen atoms in total. The third-order valence-corrected chi connectivity index (χ3v) is 2.64. The minimum absolute atomic E-state index is 0.516. The van der Waals surface area contributed by atoms with Crippen molar-refractivity contribution >= 4 is 0 Å². The van der Waals surface area contributed by atoms with Crippen molar-refractivity contribution in [1.82, 2.24) is 0 Å². The van der Waals surface area contributed by atoms with Crippen LogP contribution in [0.1, 0.15) is 6.42 Å². The van der Waals surface area contributed by atoms with Crippen LogP contribution in [0.15, 0.2) is 54.6 Å². The van der Waals surface area contributed by atoms with Crippen molar-refractivity contribution in [3.8, 4) is 16.9 Å². The van der Waals surface area contributed by atoms with E-state index in [4.69, 9.17) is 10.6 Å². The van der Waals surface area contributed by atoms with Gasteiger partial charge in [0.25, 0.3) is 0 Å². The Hall–Kier alpha value is -1.84. The monoisotopic (exact) mass is 243 g/mol. The molecule has 0 saturated heterocycles. The van der Waals surface area contributed by atoms with Gasteiger partial charge in [-0.25, -0.2) is 5.90 Å². The summed E-state index contributed by atoms with van der Waals surface area (Å²) >= 11 is 0. The summed E-state index contributed by atoms with van der Waals surface area (Å²) in [7, 11) is 0. The Morgan fingerprint density at radius 3 is 2.11 bits per heavy atom. The maximum Gasteiger partial charge on any atom is 0.119 e. The highest BCUT2D eigenvalue weighted by Gasteiger charge is 1.98. The fraction of sp³-hybridized carbons (Fsp3) is 0.200. The molecule has 0 saturated carbocycles. The molecular weight excluding hydrogens is 226 g/mol. The molecule has 2 aromatic rings. The van der Waals surface area contributed by atoms with E-state index in [0.717, 1.165) is 12.2 Å². The number of nitrogens with two attached hydrogens (primary N) is 1. The minimum atomic E-state index is 0.516. The van der Waals surface area contributed by atoms with Crippen molar-refractivity contribution in [2.24, 2.45) is 5.90 Å². The van der Waals surface area contributed by atoms with Crippen molar-refractivity contribution < 1.29 is 9.57 Å². The zero-order valence-electron chi connectivity index (χ0n) is 10.2. The third kappa shape index (κ3) is 3.58. The molecule has 0 aliphatic carbocycles. The lowest BCUT2D eigenvalue weighted by Crippen LogP contribution is -2.06. The quantitative estimate of drug-likeness (QED) is 0.626. The normalized spacial score (nSPS) is 10.3. The summed E-state index contributed by atoms with van der Waals surface area (Å²) in [5.41, 5.74) is 2.40. The van der Waals surface area contributed by atoms with Crippen LogP contribution in [0.3, 0.4) is 0 Å². The average molecular weight is 243 g/mol. The molecular formula is C15H17NO2. The van der Waals surface area contributed by atoms with Crippen LogP contribution in [-0.2, 0) is 4.84 Å². The van der Waals surface area contributed by atoms with Crippen LogP contribution < -0.4 is 10.6 Å². The molecule has 0 fully saturated rings. The molecule has 0 spiro atoms. The summed E-state index contributed by atoms with van der Waals surface area (Å²) in [6.45, 7) is 1.13. The van der Waals surface area contributed by atoms with Crippen molar-refractivity contribution in [2.75, 3.05) is 13.2 Å². The van der Waals surface area contributed by atoms with Gasteiger partial charge in [0.15, 0.2) is 0 Å². The van der Waals surface area contributed by atoms with E-state index in [1.54, 1.807) is 0 Å². The zero-order valence-corrected chi connectivity index (χ0v) is 10.2. The maximum atomic E-state index is 5.56. The van der Waals surface area contributed by atoms with Crippen molar-refractivity contribution in [3.63, 3.8) is 0 Å². The van der Waals surface area contributed by atoms with Crippen LogP contribution in [0.4, 0.5) is 0 Å². The average Bonchev–Trinajstić information content (AvgIpc) is 2.45. The molecule has 18 heavy (non-hydrogen) atoms. The number of ether oxygens (including phenoxy) is 1. The maximum absolute atomic E-state index is 5.56. The largest absolute Gasteiger partial charge is 0.494 e. The van der Waals surface area contributed by atoms with E-state index in [1.807, 2.05) is 30.3 Å². The smallest absolute Gasteiger partial charge is 0.119 e. The Bertz CT molecular complexity index is 454. The molecule has 0 aromatic heterocycles. The van der Waals surface area contributed by atoms with Gasteiger partial charge >= 0.3 is 0 Å². The van der Waals surface area contributed by atoms with Gasteiger partial charge in [0.05, 0.1) is 13.2 Å². The highest BCUT2D eigenvalue weighted by molar-refractivity contribution is 5.63. The first-order valence-electron chi connectivity index (χ1n) is 6.00. The highest BCUT2D eigenvalue weighted by atomic mass is 16.6. The van der Waals surface area contributed by atoms with E-state index in [2.05, 4.69) is 29.1 Å². The molecule has 3 heteroatoms. The van der Waals surface area contributed by atoms with E-state index in [1.165, 1.54) is 11.1 Å². The lowest BCUT2D eigenvalue weighted by atomic mass is 10.1. The summed E-state index contributed by atoms with van der Waals surface area (Å²) in [5, 5.41) is 0. The van der Waals surface area contributed by atoms with Gasteiger partial charge in [-0.1, -0.05) is 42.5 Å². The molecule has 0 heterocycles. The van der Waals surface area contributed by atoms with Gasteiger partial charge in [-0.3, -0.25) is 0 Å². The molecule has 2 aromatic carbocycles. The van der Waals surface area contributed by atoms with Crippen LogP contribution in [0.5, 0.6) is 5.75 Å². The molecule has 0 unspecified atom stereocenters. The summed E-state index contributed by atoms with van der Waals surface area (Å²) in [6.07, 6.45) is 0.789. The molecule has 0 radical (unpaired) electrons. The summed E-state index contributed by atoms with van der Waals surface area (Å²) in [5.74, 6) is 5.80. The van der Waals surface area contributed by atoms with Crippen molar-refractivity contribution in [2.45, 2.75) is 6.42 Å². The van der Waals surface area contributed by atoms with Crippen LogP contribution >= 0.6 is 0 Å². The number of hydrogen-bond acceptors (Lipinski definition) is 3. The van der Waals surface area contributed by atoms with E-state index in [0.29, 0.717) is 13.2 Å². The standard InChI is InChI=1S/C15H17NO2/c16-18-12-4-11-17-15-9-7-14(8-10-15)13-5-2-1-3-6-13/h1-3,5-10H,4,11-12,16H2. The summed E-state index contributed by atoms with van der Waals surface area (Å²) < 4.78 is 5.56. The third-order valence-electron chi connectivity index (χ3n) is 2.64. The van der Waals surface area contributed by atoms with Gasteiger partial charge < -0.3 is 9.57 Å². The molecule has 2 rings (SSSR count). The van der Waals surface area contributed by atoms with E-state index < -0.39 is 0 Å². The van der Waals surface area contributed by atoms with Crippen molar-refractivity contribution in [3.05, 3.63) is 54.6 Å². The van der Waals surface area contributed by atoms with Crippen LogP contribution in [0, 0.1) is 0 Å². The van der Waals surface area contributed by atoms with E-state index in [9.17, 15) is 0 Å². The van der Waals surface area contributed by atoms with Gasteiger partial charge in [-0.05, 0) is 23.3 Å². The van der Waals surface area contributed by atoms with Gasteiger partial charge in [-0.2, -0.15) is 0 Å². The Labute approximate surface area is 107 Å². The molecule has 0 amide bonds. The van der Waals surface area contributed by atoms with E-state index in [-0.39, 0.29) is 0 Å². The van der Waals surface area contributed by atoms with Gasteiger partial charge in [0, 0.05) is 6.42 Å². The van der Waals surface area contributed by atoms with Crippen LogP contribution in [0.25, 0.3) is 11.1 Å². The van der Waals surface area contributed by atoms with Gasteiger partial charge in [-0.15, -0.1) is 0 Å². The van der Waals surface area contributed by atoms with Crippen molar-refractivity contribution in [1.29, 1.82) is 0 Å². The molecule has 94 valence electrons. The first-order valence-corrected chi connectivity index (χ1v) is 6.00. The lowest BCUT2D eigenvalue weighted by Gasteiger charge is -2.07. The zero-order chi connectivity index (χ0) is 12.6. The molecule has 0 atom stereocenters.